The summed E-state index contributed by atoms with van der Waals surface area (Å²) in [6.07, 6.45) is 4.76. The van der Waals surface area contributed by atoms with E-state index in [1.54, 1.807) is 4.90 Å². The minimum absolute atomic E-state index is 0.0563. The van der Waals surface area contributed by atoms with E-state index in [0.29, 0.717) is 19.6 Å². The van der Waals surface area contributed by atoms with Crippen molar-refractivity contribution in [2.75, 3.05) is 24.5 Å². The number of aryl methyl sites for hydroxylation is 1. The lowest BCUT2D eigenvalue weighted by Crippen LogP contribution is -2.39. The van der Waals surface area contributed by atoms with Gasteiger partial charge in [0.15, 0.2) is 0 Å². The molecule has 2 aliphatic rings. The van der Waals surface area contributed by atoms with Gasteiger partial charge in [-0.3, -0.25) is 9.59 Å². The molecular weight excluding hydrogens is 378 g/mol. The Morgan fingerprint density at radius 1 is 0.964 bits per heavy atom. The first-order chi connectivity index (χ1) is 13.5. The van der Waals surface area contributed by atoms with Crippen LogP contribution in [0.2, 0.25) is 0 Å². The van der Waals surface area contributed by atoms with E-state index in [1.807, 2.05) is 24.3 Å². The number of benzene rings is 1. The van der Waals surface area contributed by atoms with Crippen LogP contribution in [0.3, 0.4) is 0 Å². The topological polar surface area (TPSA) is 79.7 Å². The Bertz CT molecular complexity index is 1060. The largest absolute Gasteiger partial charge is 0.311 e. The molecule has 0 spiro atoms. The number of hydrogen-bond acceptors (Lipinski definition) is 4. The van der Waals surface area contributed by atoms with Gasteiger partial charge >= 0.3 is 0 Å². The molecule has 28 heavy (non-hydrogen) atoms. The van der Waals surface area contributed by atoms with E-state index in [9.17, 15) is 18.0 Å². The third kappa shape index (κ3) is 3.49. The maximum Gasteiger partial charge on any atom is 0.251 e. The van der Waals surface area contributed by atoms with Crippen molar-refractivity contribution in [1.29, 1.82) is 0 Å². The summed E-state index contributed by atoms with van der Waals surface area (Å²) in [7, 11) is -3.64. The summed E-state index contributed by atoms with van der Waals surface area (Å²) in [5.74, 6) is -0.218. The number of fused-ring (bicyclic) bond motifs is 1. The molecule has 4 rings (SSSR count). The summed E-state index contributed by atoms with van der Waals surface area (Å²) in [6, 6.07) is 10.3. The van der Waals surface area contributed by atoms with Gasteiger partial charge in [-0.2, -0.15) is 4.31 Å². The van der Waals surface area contributed by atoms with Crippen molar-refractivity contribution in [3.05, 3.63) is 58.5 Å². The van der Waals surface area contributed by atoms with Crippen molar-refractivity contribution in [2.24, 2.45) is 0 Å². The van der Waals surface area contributed by atoms with Crippen molar-refractivity contribution in [3.8, 4) is 0 Å². The molecule has 0 radical (unpaired) electrons. The van der Waals surface area contributed by atoms with E-state index in [1.165, 1.54) is 27.2 Å². The first kappa shape index (κ1) is 18.9. The molecule has 0 saturated carbocycles. The number of amides is 1. The molecule has 1 fully saturated rings. The molecular formula is C20H23N3O4S. The highest BCUT2D eigenvalue weighted by Gasteiger charge is 2.28. The molecule has 1 saturated heterocycles. The Balaban J connectivity index is 1.60. The molecule has 0 atom stereocenters. The Hall–Kier alpha value is -2.45. The van der Waals surface area contributed by atoms with Crippen LogP contribution in [0.5, 0.6) is 0 Å². The fourth-order valence-electron chi connectivity index (χ4n) is 3.89. The van der Waals surface area contributed by atoms with Crippen molar-refractivity contribution in [3.63, 3.8) is 0 Å². The quantitative estimate of drug-likeness (QED) is 0.780. The third-order valence-electron chi connectivity index (χ3n) is 5.38. The van der Waals surface area contributed by atoms with Gasteiger partial charge < -0.3 is 9.47 Å². The summed E-state index contributed by atoms with van der Waals surface area (Å²) in [5, 5.41) is 0. The predicted octanol–water partition coefficient (Wildman–Crippen LogP) is 1.61. The molecule has 7 nitrogen and oxygen atoms in total. The van der Waals surface area contributed by atoms with E-state index in [2.05, 4.69) is 0 Å². The fraction of sp³-hybridized carbons (Fsp3) is 0.400. The summed E-state index contributed by atoms with van der Waals surface area (Å²) < 4.78 is 28.2. The molecule has 0 bridgehead atoms. The van der Waals surface area contributed by atoms with Crippen molar-refractivity contribution < 1.29 is 13.2 Å². The first-order valence-electron chi connectivity index (χ1n) is 9.56. The average Bonchev–Trinajstić information content (AvgIpc) is 3.25. The highest BCUT2D eigenvalue weighted by molar-refractivity contribution is 7.89. The number of rotatable bonds is 4. The number of pyridine rings is 1. The van der Waals surface area contributed by atoms with Crippen LogP contribution in [0.15, 0.2) is 52.3 Å². The molecule has 1 aromatic carbocycles. The van der Waals surface area contributed by atoms with Crippen molar-refractivity contribution >= 4 is 21.6 Å². The van der Waals surface area contributed by atoms with Crippen LogP contribution in [0.25, 0.3) is 0 Å². The lowest BCUT2D eigenvalue weighted by atomic mass is 10.0. The second kappa shape index (κ2) is 7.52. The van der Waals surface area contributed by atoms with Crippen LogP contribution in [-0.4, -0.2) is 42.8 Å². The number of sulfonamides is 1. The second-order valence-corrected chi connectivity index (χ2v) is 9.16. The summed E-state index contributed by atoms with van der Waals surface area (Å²) in [6.45, 7) is 1.39. The minimum atomic E-state index is -3.64. The van der Waals surface area contributed by atoms with Gasteiger partial charge in [-0.05, 0) is 43.4 Å². The molecule has 0 N–H and O–H groups in total. The minimum Gasteiger partial charge on any atom is -0.311 e. The lowest BCUT2D eigenvalue weighted by molar-refractivity contribution is -0.119. The zero-order valence-corrected chi connectivity index (χ0v) is 16.4. The van der Waals surface area contributed by atoms with E-state index in [4.69, 9.17) is 0 Å². The smallest absolute Gasteiger partial charge is 0.251 e. The average molecular weight is 401 g/mol. The third-order valence-corrected chi connectivity index (χ3v) is 7.26. The Morgan fingerprint density at radius 2 is 1.71 bits per heavy atom. The van der Waals surface area contributed by atoms with Gasteiger partial charge in [0.05, 0.1) is 4.90 Å². The second-order valence-electron chi connectivity index (χ2n) is 7.22. The zero-order valence-electron chi connectivity index (χ0n) is 15.6. The molecule has 1 amide bonds. The van der Waals surface area contributed by atoms with Gasteiger partial charge in [-0.15, -0.1) is 0 Å². The van der Waals surface area contributed by atoms with E-state index in [0.717, 1.165) is 36.9 Å². The number of para-hydroxylation sites is 1. The highest BCUT2D eigenvalue weighted by Crippen LogP contribution is 2.27. The van der Waals surface area contributed by atoms with Gasteiger partial charge in [0.1, 0.15) is 6.54 Å². The first-order valence-corrected chi connectivity index (χ1v) is 11.0. The maximum atomic E-state index is 12.9. The molecule has 0 unspecified atom stereocenters. The van der Waals surface area contributed by atoms with E-state index < -0.39 is 10.0 Å². The highest BCUT2D eigenvalue weighted by atomic mass is 32.2. The summed E-state index contributed by atoms with van der Waals surface area (Å²) >= 11 is 0. The predicted molar refractivity (Wildman–Crippen MR) is 106 cm³/mol. The Labute approximate surface area is 164 Å². The zero-order chi connectivity index (χ0) is 19.7. The summed E-state index contributed by atoms with van der Waals surface area (Å²) in [4.78, 5) is 26.9. The number of nitrogens with zero attached hydrogens (tertiary/aromatic N) is 3. The summed E-state index contributed by atoms with van der Waals surface area (Å²) in [5.41, 5.74) is 1.59. The number of anilines is 1. The van der Waals surface area contributed by atoms with Gasteiger partial charge in [0.2, 0.25) is 15.9 Å². The van der Waals surface area contributed by atoms with Gasteiger partial charge in [-0.1, -0.05) is 18.2 Å². The monoisotopic (exact) mass is 401 g/mol. The van der Waals surface area contributed by atoms with Gasteiger partial charge in [0, 0.05) is 37.6 Å². The van der Waals surface area contributed by atoms with Crippen LogP contribution in [0.4, 0.5) is 5.69 Å². The number of aromatic nitrogens is 1. The normalized spacial score (nSPS) is 17.5. The van der Waals surface area contributed by atoms with Crippen LogP contribution in [0, 0.1) is 0 Å². The van der Waals surface area contributed by atoms with Gasteiger partial charge in [-0.25, -0.2) is 8.42 Å². The number of hydrogen-bond donors (Lipinski definition) is 0. The van der Waals surface area contributed by atoms with E-state index >= 15 is 0 Å². The molecule has 3 heterocycles. The maximum absolute atomic E-state index is 12.9. The Kier molecular flexibility index (Phi) is 5.07. The molecule has 2 aliphatic heterocycles. The SMILES string of the molecule is O=C(Cn1cc(S(=O)(=O)N2CCCC2)ccc1=O)N1CCCc2ccccc21. The van der Waals surface area contributed by atoms with Crippen molar-refractivity contribution in [2.45, 2.75) is 37.1 Å². The molecule has 8 heteroatoms. The van der Waals surface area contributed by atoms with Crippen LogP contribution in [-0.2, 0) is 27.8 Å². The molecule has 0 aliphatic carbocycles. The fourth-order valence-corrected chi connectivity index (χ4v) is 5.42. The van der Waals surface area contributed by atoms with Crippen LogP contribution >= 0.6 is 0 Å². The van der Waals surface area contributed by atoms with Gasteiger partial charge in [0.25, 0.3) is 5.56 Å². The standard InChI is InChI=1S/C20H23N3O4S/c24-19-10-9-17(28(26,27)22-11-3-4-12-22)14-21(19)15-20(25)23-13-5-7-16-6-1-2-8-18(16)23/h1-2,6,8-10,14H,3-5,7,11-13,15H2. The number of carbonyl (C=O) groups excluding carboxylic acids is 1. The lowest BCUT2D eigenvalue weighted by Gasteiger charge is -2.29. The molecule has 2 aromatic rings. The van der Waals surface area contributed by atoms with Crippen LogP contribution < -0.4 is 10.5 Å². The van der Waals surface area contributed by atoms with Crippen molar-refractivity contribution in [1.82, 2.24) is 8.87 Å². The molecule has 148 valence electrons. The Morgan fingerprint density at radius 3 is 2.50 bits per heavy atom. The van der Waals surface area contributed by atoms with E-state index in [-0.39, 0.29) is 22.9 Å². The number of carbonyl (C=O) groups is 1. The van der Waals surface area contributed by atoms with Crippen LogP contribution in [0.1, 0.15) is 24.8 Å². The molecule has 1 aromatic heterocycles.